The van der Waals surface area contributed by atoms with E-state index in [-0.39, 0.29) is 23.9 Å². The second-order valence-electron chi connectivity index (χ2n) is 4.15. The van der Waals surface area contributed by atoms with Crippen molar-refractivity contribution in [3.8, 4) is 0 Å². The lowest BCUT2D eigenvalue weighted by molar-refractivity contribution is -0.121. The first kappa shape index (κ1) is 15.6. The zero-order valence-electron chi connectivity index (χ0n) is 11.6. The van der Waals surface area contributed by atoms with Crippen LogP contribution in [0.4, 0.5) is 0 Å². The van der Waals surface area contributed by atoms with Crippen LogP contribution in [0, 0.1) is 13.8 Å². The molecule has 108 valence electrons. The first-order valence-electron chi connectivity index (χ1n) is 6.13. The SMILES string of the molecule is CCNC(=O)CN(CC)S(=O)(=O)c1c(C)n[nH]c1C. The van der Waals surface area contributed by atoms with Gasteiger partial charge in [0.2, 0.25) is 15.9 Å². The number of likely N-dealkylation sites (N-methyl/N-ethyl adjacent to an activating group) is 2. The average Bonchev–Trinajstić information content (AvgIpc) is 2.66. The number of aromatic amines is 1. The van der Waals surface area contributed by atoms with Crippen LogP contribution in [0.15, 0.2) is 4.90 Å². The molecule has 0 atom stereocenters. The molecule has 0 radical (unpaired) electrons. The maximum absolute atomic E-state index is 12.5. The normalized spacial score (nSPS) is 11.8. The Morgan fingerprint density at radius 2 is 2.00 bits per heavy atom. The topological polar surface area (TPSA) is 95.2 Å². The van der Waals surface area contributed by atoms with Crippen LogP contribution in [0.5, 0.6) is 0 Å². The Bertz CT molecular complexity index is 531. The summed E-state index contributed by atoms with van der Waals surface area (Å²) in [4.78, 5) is 11.7. The Morgan fingerprint density at radius 1 is 1.37 bits per heavy atom. The van der Waals surface area contributed by atoms with Gasteiger partial charge in [-0.3, -0.25) is 9.89 Å². The number of aromatic nitrogens is 2. The van der Waals surface area contributed by atoms with Crippen LogP contribution in [-0.4, -0.2) is 48.5 Å². The van der Waals surface area contributed by atoms with E-state index >= 15 is 0 Å². The van der Waals surface area contributed by atoms with Crippen LogP contribution >= 0.6 is 0 Å². The molecule has 0 unspecified atom stereocenters. The third-order valence-corrected chi connectivity index (χ3v) is 4.89. The molecule has 0 fully saturated rings. The molecule has 1 rings (SSSR count). The molecule has 0 aliphatic carbocycles. The van der Waals surface area contributed by atoms with Crippen molar-refractivity contribution < 1.29 is 13.2 Å². The second-order valence-corrected chi connectivity index (χ2v) is 6.02. The number of H-pyrrole nitrogens is 1. The minimum atomic E-state index is -3.70. The molecule has 0 saturated heterocycles. The number of carbonyl (C=O) groups excluding carboxylic acids is 1. The van der Waals surface area contributed by atoms with Gasteiger partial charge in [0.25, 0.3) is 0 Å². The van der Waals surface area contributed by atoms with Crippen molar-refractivity contribution in [2.24, 2.45) is 0 Å². The van der Waals surface area contributed by atoms with E-state index in [0.717, 1.165) is 4.31 Å². The van der Waals surface area contributed by atoms with E-state index in [1.165, 1.54) is 0 Å². The number of sulfonamides is 1. The molecule has 0 spiro atoms. The van der Waals surface area contributed by atoms with Crippen LogP contribution in [0.2, 0.25) is 0 Å². The minimum Gasteiger partial charge on any atom is -0.355 e. The highest BCUT2D eigenvalue weighted by atomic mass is 32.2. The van der Waals surface area contributed by atoms with Crippen LogP contribution in [-0.2, 0) is 14.8 Å². The zero-order valence-corrected chi connectivity index (χ0v) is 12.5. The lowest BCUT2D eigenvalue weighted by Crippen LogP contribution is -2.40. The Kier molecular flexibility index (Phi) is 5.07. The molecule has 2 N–H and O–H groups in total. The smallest absolute Gasteiger partial charge is 0.247 e. The van der Waals surface area contributed by atoms with Crippen LogP contribution in [0.3, 0.4) is 0 Å². The Labute approximate surface area is 113 Å². The molecule has 0 bridgehead atoms. The number of hydrogen-bond donors (Lipinski definition) is 2. The van der Waals surface area contributed by atoms with Crippen LogP contribution in [0.1, 0.15) is 25.2 Å². The third kappa shape index (κ3) is 3.32. The number of amides is 1. The highest BCUT2D eigenvalue weighted by Crippen LogP contribution is 2.21. The lowest BCUT2D eigenvalue weighted by Gasteiger charge is -2.19. The summed E-state index contributed by atoms with van der Waals surface area (Å²) >= 11 is 0. The highest BCUT2D eigenvalue weighted by Gasteiger charge is 2.29. The first-order valence-corrected chi connectivity index (χ1v) is 7.57. The van der Waals surface area contributed by atoms with Gasteiger partial charge in [-0.2, -0.15) is 9.40 Å². The number of hydrogen-bond acceptors (Lipinski definition) is 4. The van der Waals surface area contributed by atoms with Gasteiger partial charge in [-0.1, -0.05) is 6.92 Å². The summed E-state index contributed by atoms with van der Waals surface area (Å²) < 4.78 is 26.1. The minimum absolute atomic E-state index is 0.152. The molecular weight excluding hydrogens is 268 g/mol. The predicted octanol–water partition coefficient (Wildman–Crippen LogP) is 0.173. The number of nitrogens with one attached hydrogen (secondary N) is 2. The molecule has 1 aromatic rings. The number of nitrogens with zero attached hydrogens (tertiary/aromatic N) is 2. The van der Waals surface area contributed by atoms with Gasteiger partial charge < -0.3 is 5.32 Å². The van der Waals surface area contributed by atoms with Gasteiger partial charge in [0.15, 0.2) is 0 Å². The summed E-state index contributed by atoms with van der Waals surface area (Å²) in [6.07, 6.45) is 0. The summed E-state index contributed by atoms with van der Waals surface area (Å²) in [5, 5.41) is 9.12. The van der Waals surface area contributed by atoms with E-state index in [1.807, 2.05) is 0 Å². The van der Waals surface area contributed by atoms with E-state index in [2.05, 4.69) is 15.5 Å². The van der Waals surface area contributed by atoms with Gasteiger partial charge >= 0.3 is 0 Å². The van der Waals surface area contributed by atoms with Crippen molar-refractivity contribution in [2.45, 2.75) is 32.6 Å². The van der Waals surface area contributed by atoms with Crippen LogP contribution < -0.4 is 5.32 Å². The Hall–Kier alpha value is -1.41. The van der Waals surface area contributed by atoms with Crippen molar-refractivity contribution in [1.29, 1.82) is 0 Å². The molecule has 1 heterocycles. The summed E-state index contributed by atoms with van der Waals surface area (Å²) in [6.45, 7) is 7.26. The van der Waals surface area contributed by atoms with Gasteiger partial charge in [0, 0.05) is 13.1 Å². The number of rotatable bonds is 6. The molecule has 7 nitrogen and oxygen atoms in total. The van der Waals surface area contributed by atoms with E-state index < -0.39 is 10.0 Å². The summed E-state index contributed by atoms with van der Waals surface area (Å²) in [5.41, 5.74) is 0.888. The lowest BCUT2D eigenvalue weighted by atomic mass is 10.4. The van der Waals surface area contributed by atoms with Gasteiger partial charge in [-0.05, 0) is 20.8 Å². The molecule has 0 aliphatic heterocycles. The highest BCUT2D eigenvalue weighted by molar-refractivity contribution is 7.89. The van der Waals surface area contributed by atoms with Crippen LogP contribution in [0.25, 0.3) is 0 Å². The summed E-state index contributed by atoms with van der Waals surface area (Å²) in [7, 11) is -3.70. The Balaban J connectivity index is 3.06. The molecule has 8 heteroatoms. The van der Waals surface area contributed by atoms with E-state index in [4.69, 9.17) is 0 Å². The van der Waals surface area contributed by atoms with Gasteiger partial charge in [0.05, 0.1) is 17.9 Å². The fraction of sp³-hybridized carbons (Fsp3) is 0.636. The van der Waals surface area contributed by atoms with Crippen molar-refractivity contribution in [3.63, 3.8) is 0 Å². The van der Waals surface area contributed by atoms with Crippen molar-refractivity contribution in [1.82, 2.24) is 19.8 Å². The number of aryl methyl sites for hydroxylation is 2. The van der Waals surface area contributed by atoms with Crippen molar-refractivity contribution in [2.75, 3.05) is 19.6 Å². The third-order valence-electron chi connectivity index (χ3n) is 2.70. The number of carbonyl (C=O) groups is 1. The standard InChI is InChI=1S/C11H20N4O3S/c1-5-12-10(16)7-15(6-2)19(17,18)11-8(3)13-14-9(11)4/h5-7H2,1-4H3,(H,12,16)(H,13,14). The molecule has 19 heavy (non-hydrogen) atoms. The molecule has 0 aliphatic rings. The molecular formula is C11H20N4O3S. The summed E-state index contributed by atoms with van der Waals surface area (Å²) in [6, 6.07) is 0. The maximum atomic E-state index is 12.5. The largest absolute Gasteiger partial charge is 0.355 e. The van der Waals surface area contributed by atoms with Gasteiger partial charge in [0.1, 0.15) is 4.90 Å². The first-order chi connectivity index (χ1) is 8.84. The maximum Gasteiger partial charge on any atom is 0.247 e. The second kappa shape index (κ2) is 6.16. The molecule has 1 aromatic heterocycles. The quantitative estimate of drug-likeness (QED) is 0.780. The summed E-state index contributed by atoms with van der Waals surface area (Å²) in [5.74, 6) is -0.313. The molecule has 1 amide bonds. The molecule has 0 saturated carbocycles. The van der Waals surface area contributed by atoms with E-state index in [0.29, 0.717) is 17.9 Å². The Morgan fingerprint density at radius 3 is 2.42 bits per heavy atom. The van der Waals surface area contributed by atoms with E-state index in [1.54, 1.807) is 27.7 Å². The van der Waals surface area contributed by atoms with E-state index in [9.17, 15) is 13.2 Å². The average molecular weight is 288 g/mol. The fourth-order valence-electron chi connectivity index (χ4n) is 1.83. The van der Waals surface area contributed by atoms with Gasteiger partial charge in [-0.15, -0.1) is 0 Å². The van der Waals surface area contributed by atoms with Crippen molar-refractivity contribution in [3.05, 3.63) is 11.4 Å². The van der Waals surface area contributed by atoms with Crippen molar-refractivity contribution >= 4 is 15.9 Å². The predicted molar refractivity (Wildman–Crippen MR) is 71.2 cm³/mol. The molecule has 0 aromatic carbocycles. The fourth-order valence-corrected chi connectivity index (χ4v) is 3.57. The monoisotopic (exact) mass is 288 g/mol. The zero-order chi connectivity index (χ0) is 14.6. The van der Waals surface area contributed by atoms with Gasteiger partial charge in [-0.25, -0.2) is 8.42 Å².